The molecule has 0 aliphatic rings. The normalized spacial score (nSPS) is 12.0. The predicted octanol–water partition coefficient (Wildman–Crippen LogP) is 2.12. The Hall–Kier alpha value is -1.96. The van der Waals surface area contributed by atoms with Crippen LogP contribution in [0.1, 0.15) is 48.3 Å². The van der Waals surface area contributed by atoms with Gasteiger partial charge in [0.05, 0.1) is 6.54 Å². The first-order valence-electron chi connectivity index (χ1n) is 7.83. The van der Waals surface area contributed by atoms with Gasteiger partial charge in [-0.3, -0.25) is 4.99 Å². The molecule has 126 valence electrons. The topological polar surface area (TPSA) is 88.2 Å². The van der Waals surface area contributed by atoms with E-state index in [1.165, 1.54) is 4.88 Å². The molecule has 2 N–H and O–H groups in total. The van der Waals surface area contributed by atoms with Gasteiger partial charge < -0.3 is 15.2 Å². The molecule has 0 atom stereocenters. The van der Waals surface area contributed by atoms with Crippen LogP contribution < -0.4 is 10.6 Å². The minimum absolute atomic E-state index is 0.279. The molecule has 0 saturated carbocycles. The molecule has 0 radical (unpaired) electrons. The van der Waals surface area contributed by atoms with Crippen molar-refractivity contribution >= 4 is 17.3 Å². The highest BCUT2D eigenvalue weighted by atomic mass is 32.1. The summed E-state index contributed by atoms with van der Waals surface area (Å²) in [5, 5.41) is 11.5. The summed E-state index contributed by atoms with van der Waals surface area (Å²) >= 11 is 1.72. The third-order valence-electron chi connectivity index (χ3n) is 3.21. The van der Waals surface area contributed by atoms with Crippen LogP contribution in [0.15, 0.2) is 15.7 Å². The molecular weight excluding hydrogens is 312 g/mol. The fourth-order valence-corrected chi connectivity index (χ4v) is 2.67. The highest BCUT2D eigenvalue weighted by molar-refractivity contribution is 7.11. The first-order chi connectivity index (χ1) is 11.1. The average molecular weight is 336 g/mol. The molecule has 0 aliphatic carbocycles. The Kier molecular flexibility index (Phi) is 6.52. The Morgan fingerprint density at radius 3 is 2.83 bits per heavy atom. The zero-order chi connectivity index (χ0) is 16.7. The second-order valence-electron chi connectivity index (χ2n) is 5.38. The van der Waals surface area contributed by atoms with E-state index in [0.29, 0.717) is 25.4 Å². The van der Waals surface area contributed by atoms with Crippen molar-refractivity contribution in [2.45, 2.75) is 46.1 Å². The van der Waals surface area contributed by atoms with Crippen LogP contribution in [-0.2, 0) is 19.4 Å². The lowest BCUT2D eigenvalue weighted by Crippen LogP contribution is -2.37. The minimum Gasteiger partial charge on any atom is -0.356 e. The molecule has 0 amide bonds. The van der Waals surface area contributed by atoms with Crippen LogP contribution in [-0.4, -0.2) is 34.7 Å². The van der Waals surface area contributed by atoms with Crippen LogP contribution in [0.5, 0.6) is 0 Å². The number of hydrogen-bond acceptors (Lipinski definition) is 6. The monoisotopic (exact) mass is 336 g/mol. The number of guanidine groups is 1. The second kappa shape index (κ2) is 8.61. The number of hydrogen-bond donors (Lipinski definition) is 2. The van der Waals surface area contributed by atoms with Crippen molar-refractivity contribution in [2.75, 3.05) is 13.6 Å². The standard InChI is InChI=1S/C15H24N6OS/c1-5-11-8-18-13(23-11)9-19-15(16-4)17-7-6-12-20-14(10(2)3)21-22-12/h8,10H,5-7,9H2,1-4H3,(H2,16,17,19). The molecule has 7 nitrogen and oxygen atoms in total. The molecule has 8 heteroatoms. The Morgan fingerprint density at radius 1 is 1.39 bits per heavy atom. The van der Waals surface area contributed by atoms with Crippen LogP contribution in [0.25, 0.3) is 0 Å². The SMILES string of the molecule is CCc1cnc(CNC(=NC)NCCc2nc(C(C)C)no2)s1. The van der Waals surface area contributed by atoms with Crippen molar-refractivity contribution in [1.29, 1.82) is 0 Å². The summed E-state index contributed by atoms with van der Waals surface area (Å²) in [4.78, 5) is 14.2. The highest BCUT2D eigenvalue weighted by Crippen LogP contribution is 2.12. The molecule has 0 fully saturated rings. The van der Waals surface area contributed by atoms with Gasteiger partial charge in [-0.25, -0.2) is 4.98 Å². The van der Waals surface area contributed by atoms with E-state index in [-0.39, 0.29) is 5.92 Å². The molecule has 0 unspecified atom stereocenters. The van der Waals surface area contributed by atoms with Gasteiger partial charge >= 0.3 is 0 Å². The van der Waals surface area contributed by atoms with E-state index in [9.17, 15) is 0 Å². The summed E-state index contributed by atoms with van der Waals surface area (Å²) in [5.41, 5.74) is 0. The summed E-state index contributed by atoms with van der Waals surface area (Å²) in [6.45, 7) is 7.57. The largest absolute Gasteiger partial charge is 0.356 e. The number of nitrogens with zero attached hydrogens (tertiary/aromatic N) is 4. The molecule has 2 heterocycles. The van der Waals surface area contributed by atoms with Gasteiger partial charge in [-0.05, 0) is 6.42 Å². The maximum atomic E-state index is 5.22. The van der Waals surface area contributed by atoms with Gasteiger partial charge in [0.1, 0.15) is 5.01 Å². The number of aliphatic imine (C=N–C) groups is 1. The average Bonchev–Trinajstić information content (AvgIpc) is 3.19. The van der Waals surface area contributed by atoms with Gasteiger partial charge in [0.15, 0.2) is 11.8 Å². The lowest BCUT2D eigenvalue weighted by Gasteiger charge is -2.09. The third-order valence-corrected chi connectivity index (χ3v) is 4.35. The van der Waals surface area contributed by atoms with Crippen molar-refractivity contribution < 1.29 is 4.52 Å². The van der Waals surface area contributed by atoms with Crippen molar-refractivity contribution in [2.24, 2.45) is 4.99 Å². The summed E-state index contributed by atoms with van der Waals surface area (Å²) in [7, 11) is 1.75. The molecule has 2 rings (SSSR count). The Labute approximate surface area is 140 Å². The van der Waals surface area contributed by atoms with Gasteiger partial charge in [0, 0.05) is 37.0 Å². The maximum absolute atomic E-state index is 5.22. The van der Waals surface area contributed by atoms with Crippen LogP contribution in [0.2, 0.25) is 0 Å². The lowest BCUT2D eigenvalue weighted by atomic mass is 10.2. The first kappa shape index (κ1) is 17.4. The molecule has 0 saturated heterocycles. The van der Waals surface area contributed by atoms with Gasteiger partial charge in [-0.2, -0.15) is 4.98 Å². The van der Waals surface area contributed by atoms with Gasteiger partial charge in [0.2, 0.25) is 5.89 Å². The second-order valence-corrected chi connectivity index (χ2v) is 6.58. The molecule has 23 heavy (non-hydrogen) atoms. The van der Waals surface area contributed by atoms with Crippen molar-refractivity contribution in [3.8, 4) is 0 Å². The number of aryl methyl sites for hydroxylation is 1. The Bertz CT molecular complexity index is 633. The quantitative estimate of drug-likeness (QED) is 0.595. The van der Waals surface area contributed by atoms with Crippen LogP contribution in [0.4, 0.5) is 0 Å². The summed E-state index contributed by atoms with van der Waals surface area (Å²) in [6.07, 6.45) is 3.62. The molecule has 0 aromatic carbocycles. The van der Waals surface area contributed by atoms with Crippen molar-refractivity contribution in [1.82, 2.24) is 25.8 Å². The van der Waals surface area contributed by atoms with Crippen LogP contribution >= 0.6 is 11.3 Å². The molecule has 2 aromatic rings. The lowest BCUT2D eigenvalue weighted by molar-refractivity contribution is 0.371. The first-order valence-corrected chi connectivity index (χ1v) is 8.64. The van der Waals surface area contributed by atoms with Crippen molar-refractivity contribution in [3.63, 3.8) is 0 Å². The third kappa shape index (κ3) is 5.31. The summed E-state index contributed by atoms with van der Waals surface area (Å²) in [6, 6.07) is 0. The Morgan fingerprint density at radius 2 is 2.22 bits per heavy atom. The fraction of sp³-hybridized carbons (Fsp3) is 0.600. The number of aromatic nitrogens is 3. The van der Waals surface area contributed by atoms with Crippen molar-refractivity contribution in [3.05, 3.63) is 27.8 Å². The fourth-order valence-electron chi connectivity index (χ4n) is 1.87. The molecule has 2 aromatic heterocycles. The smallest absolute Gasteiger partial charge is 0.228 e. The zero-order valence-electron chi connectivity index (χ0n) is 14.1. The highest BCUT2D eigenvalue weighted by Gasteiger charge is 2.09. The predicted molar refractivity (Wildman–Crippen MR) is 91.8 cm³/mol. The number of rotatable bonds is 7. The van der Waals surface area contributed by atoms with E-state index >= 15 is 0 Å². The maximum Gasteiger partial charge on any atom is 0.228 e. The molecule has 0 spiro atoms. The van der Waals surface area contributed by atoms with Gasteiger partial charge in [0.25, 0.3) is 0 Å². The van der Waals surface area contributed by atoms with Gasteiger partial charge in [-0.15, -0.1) is 11.3 Å². The summed E-state index contributed by atoms with van der Waals surface area (Å²) < 4.78 is 5.22. The molecule has 0 aliphatic heterocycles. The zero-order valence-corrected chi connectivity index (χ0v) is 14.9. The summed E-state index contributed by atoms with van der Waals surface area (Å²) in [5.74, 6) is 2.41. The van der Waals surface area contributed by atoms with E-state index < -0.39 is 0 Å². The molecular formula is C15H24N6OS. The number of nitrogens with one attached hydrogen (secondary N) is 2. The van der Waals surface area contributed by atoms with Gasteiger partial charge in [-0.1, -0.05) is 25.9 Å². The Balaban J connectivity index is 1.74. The van der Waals surface area contributed by atoms with E-state index in [1.54, 1.807) is 18.4 Å². The van der Waals surface area contributed by atoms with E-state index in [4.69, 9.17) is 4.52 Å². The molecule has 0 bridgehead atoms. The van der Waals surface area contributed by atoms with E-state index in [1.807, 2.05) is 20.0 Å². The van der Waals surface area contributed by atoms with Crippen LogP contribution in [0, 0.1) is 0 Å². The van der Waals surface area contributed by atoms with E-state index in [2.05, 4.69) is 37.7 Å². The minimum atomic E-state index is 0.279. The number of thiazole rings is 1. The van der Waals surface area contributed by atoms with Crippen LogP contribution in [0.3, 0.4) is 0 Å². The van der Waals surface area contributed by atoms with E-state index in [0.717, 1.165) is 23.2 Å².